The summed E-state index contributed by atoms with van der Waals surface area (Å²) in [4.78, 5) is 2.18. The third kappa shape index (κ3) is 4.05. The maximum absolute atomic E-state index is 9.25. The van der Waals surface area contributed by atoms with Gasteiger partial charge >= 0.3 is 0 Å². The maximum Gasteiger partial charge on any atom is 0.0942 e. The molecule has 3 N–H and O–H groups in total. The van der Waals surface area contributed by atoms with Gasteiger partial charge in [0.15, 0.2) is 0 Å². The van der Waals surface area contributed by atoms with Gasteiger partial charge in [0.2, 0.25) is 0 Å². The van der Waals surface area contributed by atoms with E-state index in [1.165, 1.54) is 0 Å². The van der Waals surface area contributed by atoms with Crippen LogP contribution >= 0.6 is 11.6 Å². The zero-order chi connectivity index (χ0) is 13.5. The average Bonchev–Trinajstić information content (AvgIpc) is 2.39. The van der Waals surface area contributed by atoms with Gasteiger partial charge in [0.05, 0.1) is 23.4 Å². The molecule has 1 atom stereocenters. The van der Waals surface area contributed by atoms with Crippen LogP contribution in [0.1, 0.15) is 13.8 Å². The highest BCUT2D eigenvalue weighted by Gasteiger charge is 2.08. The van der Waals surface area contributed by atoms with Crippen LogP contribution in [-0.2, 0) is 0 Å². The molecular weight excluding hydrogens is 252 g/mol. The lowest BCUT2D eigenvalue weighted by molar-refractivity contribution is 0.105. The third-order valence-corrected chi connectivity index (χ3v) is 3.11. The van der Waals surface area contributed by atoms with E-state index in [9.17, 15) is 5.11 Å². The number of rotatable bonds is 7. The predicted octanol–water partition coefficient (Wildman–Crippen LogP) is 1.95. The van der Waals surface area contributed by atoms with Crippen LogP contribution in [0.4, 0.5) is 11.4 Å². The first kappa shape index (κ1) is 15.1. The highest BCUT2D eigenvalue weighted by molar-refractivity contribution is 6.33. The number of aliphatic hydroxyl groups excluding tert-OH is 2. The van der Waals surface area contributed by atoms with E-state index in [2.05, 4.69) is 24.1 Å². The van der Waals surface area contributed by atoms with Crippen LogP contribution < -0.4 is 10.2 Å². The van der Waals surface area contributed by atoms with Crippen LogP contribution in [0.15, 0.2) is 18.2 Å². The first-order valence-corrected chi connectivity index (χ1v) is 6.57. The molecule has 4 nitrogen and oxygen atoms in total. The summed E-state index contributed by atoms with van der Waals surface area (Å²) in [5, 5.41) is 21.7. The van der Waals surface area contributed by atoms with Crippen molar-refractivity contribution >= 4 is 23.0 Å². The number of anilines is 2. The molecule has 1 rings (SSSR count). The summed E-state index contributed by atoms with van der Waals surface area (Å²) in [6.45, 7) is 6.04. The molecule has 0 spiro atoms. The van der Waals surface area contributed by atoms with Gasteiger partial charge in [-0.15, -0.1) is 0 Å². The predicted molar refractivity (Wildman–Crippen MR) is 76.6 cm³/mol. The van der Waals surface area contributed by atoms with Gasteiger partial charge in [0.25, 0.3) is 0 Å². The fraction of sp³-hybridized carbons (Fsp3) is 0.538. The van der Waals surface area contributed by atoms with Crippen LogP contribution in [-0.4, -0.2) is 42.6 Å². The topological polar surface area (TPSA) is 55.7 Å². The lowest BCUT2D eigenvalue weighted by Crippen LogP contribution is -2.23. The number of nitrogens with zero attached hydrogens (tertiary/aromatic N) is 1. The first-order chi connectivity index (χ1) is 8.62. The number of nitrogens with one attached hydrogen (secondary N) is 1. The van der Waals surface area contributed by atoms with Crippen molar-refractivity contribution in [1.29, 1.82) is 0 Å². The molecule has 0 aliphatic carbocycles. The Morgan fingerprint density at radius 2 is 2.00 bits per heavy atom. The largest absolute Gasteiger partial charge is 0.394 e. The van der Waals surface area contributed by atoms with Crippen LogP contribution in [0.2, 0.25) is 5.02 Å². The van der Waals surface area contributed by atoms with E-state index >= 15 is 0 Å². The molecule has 5 heteroatoms. The Labute approximate surface area is 113 Å². The van der Waals surface area contributed by atoms with Gasteiger partial charge in [0, 0.05) is 25.3 Å². The van der Waals surface area contributed by atoms with Gasteiger partial charge in [-0.05, 0) is 32.0 Å². The molecule has 1 aromatic rings. The van der Waals surface area contributed by atoms with Crippen molar-refractivity contribution in [2.45, 2.75) is 20.0 Å². The number of hydrogen-bond donors (Lipinski definition) is 3. The average molecular weight is 273 g/mol. The van der Waals surface area contributed by atoms with Crippen LogP contribution in [0.3, 0.4) is 0 Å². The summed E-state index contributed by atoms with van der Waals surface area (Å²) in [5.41, 5.74) is 1.85. The molecule has 0 saturated carbocycles. The fourth-order valence-corrected chi connectivity index (χ4v) is 2.04. The normalized spacial score (nSPS) is 12.3. The minimum atomic E-state index is -0.758. The molecule has 0 saturated heterocycles. The van der Waals surface area contributed by atoms with Gasteiger partial charge in [0.1, 0.15) is 0 Å². The van der Waals surface area contributed by atoms with E-state index < -0.39 is 6.10 Å². The fourth-order valence-electron chi connectivity index (χ4n) is 1.74. The molecule has 0 heterocycles. The van der Waals surface area contributed by atoms with Gasteiger partial charge in [-0.25, -0.2) is 0 Å². The van der Waals surface area contributed by atoms with E-state index in [0.717, 1.165) is 24.5 Å². The molecule has 0 amide bonds. The molecule has 18 heavy (non-hydrogen) atoms. The SMILES string of the molecule is CCN(CC)c1ccc(NCC(O)CO)cc1Cl. The Kier molecular flexibility index (Phi) is 6.25. The molecule has 1 unspecified atom stereocenters. The zero-order valence-electron chi connectivity index (χ0n) is 10.9. The molecule has 1 aromatic carbocycles. The quantitative estimate of drug-likeness (QED) is 0.710. The molecule has 0 aromatic heterocycles. The van der Waals surface area contributed by atoms with Crippen molar-refractivity contribution in [3.8, 4) is 0 Å². The molecule has 102 valence electrons. The second-order valence-electron chi connectivity index (χ2n) is 4.06. The second-order valence-corrected chi connectivity index (χ2v) is 4.46. The van der Waals surface area contributed by atoms with E-state index in [1.807, 2.05) is 18.2 Å². The Morgan fingerprint density at radius 3 is 2.50 bits per heavy atom. The Hall–Kier alpha value is -0.970. The number of benzene rings is 1. The Morgan fingerprint density at radius 1 is 1.33 bits per heavy atom. The second kappa shape index (κ2) is 7.46. The van der Waals surface area contributed by atoms with E-state index in [-0.39, 0.29) is 6.61 Å². The van der Waals surface area contributed by atoms with Crippen molar-refractivity contribution < 1.29 is 10.2 Å². The Bertz CT molecular complexity index is 370. The smallest absolute Gasteiger partial charge is 0.0942 e. The lowest BCUT2D eigenvalue weighted by Gasteiger charge is -2.23. The molecule has 0 bridgehead atoms. The molecular formula is C13H21ClN2O2. The van der Waals surface area contributed by atoms with Crippen molar-refractivity contribution in [2.24, 2.45) is 0 Å². The van der Waals surface area contributed by atoms with Gasteiger partial charge in [-0.3, -0.25) is 0 Å². The highest BCUT2D eigenvalue weighted by atomic mass is 35.5. The Balaban J connectivity index is 2.73. The summed E-state index contributed by atoms with van der Waals surface area (Å²) in [6, 6.07) is 5.71. The number of halogens is 1. The van der Waals surface area contributed by atoms with Gasteiger partial charge in [-0.1, -0.05) is 11.6 Å². The molecule has 0 aliphatic rings. The number of aliphatic hydroxyl groups is 2. The first-order valence-electron chi connectivity index (χ1n) is 6.19. The minimum absolute atomic E-state index is 0.252. The third-order valence-electron chi connectivity index (χ3n) is 2.80. The van der Waals surface area contributed by atoms with E-state index in [4.69, 9.17) is 16.7 Å². The summed E-state index contributed by atoms with van der Waals surface area (Å²) in [5.74, 6) is 0. The van der Waals surface area contributed by atoms with Crippen molar-refractivity contribution in [1.82, 2.24) is 0 Å². The summed E-state index contributed by atoms with van der Waals surface area (Å²) >= 11 is 6.24. The minimum Gasteiger partial charge on any atom is -0.394 e. The van der Waals surface area contributed by atoms with Crippen LogP contribution in [0, 0.1) is 0 Å². The maximum atomic E-state index is 9.25. The van der Waals surface area contributed by atoms with Gasteiger partial charge < -0.3 is 20.4 Å². The molecule has 0 fully saturated rings. The number of hydrogen-bond acceptors (Lipinski definition) is 4. The van der Waals surface area contributed by atoms with Crippen molar-refractivity contribution in [3.05, 3.63) is 23.2 Å². The standard InChI is InChI=1S/C13H21ClN2O2/c1-3-16(4-2)13-6-5-10(7-12(13)14)15-8-11(18)9-17/h5-7,11,15,17-18H,3-4,8-9H2,1-2H3. The lowest BCUT2D eigenvalue weighted by atomic mass is 10.2. The zero-order valence-corrected chi connectivity index (χ0v) is 11.6. The van der Waals surface area contributed by atoms with Crippen molar-refractivity contribution in [2.75, 3.05) is 36.5 Å². The van der Waals surface area contributed by atoms with Gasteiger partial charge in [-0.2, -0.15) is 0 Å². The molecule has 0 radical (unpaired) electrons. The van der Waals surface area contributed by atoms with E-state index in [1.54, 1.807) is 0 Å². The summed E-state index contributed by atoms with van der Waals surface area (Å²) < 4.78 is 0. The van der Waals surface area contributed by atoms with E-state index in [0.29, 0.717) is 11.6 Å². The van der Waals surface area contributed by atoms with Crippen molar-refractivity contribution in [3.63, 3.8) is 0 Å². The van der Waals surface area contributed by atoms with Crippen LogP contribution in [0.25, 0.3) is 0 Å². The van der Waals surface area contributed by atoms with Crippen LogP contribution in [0.5, 0.6) is 0 Å². The summed E-state index contributed by atoms with van der Waals surface area (Å²) in [6.07, 6.45) is -0.758. The molecule has 0 aliphatic heterocycles. The highest BCUT2D eigenvalue weighted by Crippen LogP contribution is 2.28. The summed E-state index contributed by atoms with van der Waals surface area (Å²) in [7, 11) is 0. The monoisotopic (exact) mass is 272 g/mol.